The van der Waals surface area contributed by atoms with Crippen molar-refractivity contribution in [2.75, 3.05) is 37.0 Å². The van der Waals surface area contributed by atoms with Gasteiger partial charge in [0.25, 0.3) is 0 Å². The Morgan fingerprint density at radius 2 is 1.86 bits per heavy atom. The number of anilines is 2. The van der Waals surface area contributed by atoms with Gasteiger partial charge in [0.2, 0.25) is 17.7 Å². The van der Waals surface area contributed by atoms with E-state index in [-0.39, 0.29) is 30.2 Å². The molecule has 0 aromatic heterocycles. The average Bonchev–Trinajstić information content (AvgIpc) is 3.36. The number of aliphatic hydroxyl groups is 1. The summed E-state index contributed by atoms with van der Waals surface area (Å²) in [6.45, 7) is 11.2. The number of fused-ring (bicyclic) bond motifs is 1. The molecule has 0 aliphatic carbocycles. The summed E-state index contributed by atoms with van der Waals surface area (Å²) in [5, 5.41) is 15.6. The summed E-state index contributed by atoms with van der Waals surface area (Å²) >= 11 is 0. The van der Waals surface area contributed by atoms with Crippen LogP contribution in [0.3, 0.4) is 0 Å². The van der Waals surface area contributed by atoms with E-state index in [1.807, 2.05) is 38.1 Å². The molecule has 4 rings (SSSR count). The number of hydrogen-bond donors (Lipinski definition) is 3. The molecule has 3 aliphatic rings. The SMILES string of the molecule is CCN(CC)c1ccc(NC(=O)C2N([C@H](C)CO)C(=O)[C@@H]3[C@@H](C(=O)NC)[C@]4(C)OC23CC4C)cc1. The molecular weight excluding hydrogens is 448 g/mol. The van der Waals surface area contributed by atoms with Crippen LogP contribution < -0.4 is 15.5 Å². The lowest BCUT2D eigenvalue weighted by atomic mass is 9.62. The number of benzene rings is 1. The lowest BCUT2D eigenvalue weighted by Gasteiger charge is -2.36. The van der Waals surface area contributed by atoms with E-state index in [2.05, 4.69) is 29.4 Å². The Bertz CT molecular complexity index is 996. The maximum Gasteiger partial charge on any atom is 0.250 e. The van der Waals surface area contributed by atoms with E-state index in [1.165, 1.54) is 4.90 Å². The zero-order chi connectivity index (χ0) is 25.7. The lowest BCUT2D eigenvalue weighted by molar-refractivity contribution is -0.148. The van der Waals surface area contributed by atoms with Crippen LogP contribution in [0.4, 0.5) is 11.4 Å². The van der Waals surface area contributed by atoms with Gasteiger partial charge in [-0.05, 0) is 64.3 Å². The Morgan fingerprint density at radius 1 is 1.23 bits per heavy atom. The first-order valence-corrected chi connectivity index (χ1v) is 12.6. The lowest BCUT2D eigenvalue weighted by Crippen LogP contribution is -2.56. The van der Waals surface area contributed by atoms with Crippen molar-refractivity contribution < 1.29 is 24.2 Å². The smallest absolute Gasteiger partial charge is 0.250 e. The predicted octanol–water partition coefficient (Wildman–Crippen LogP) is 1.61. The van der Waals surface area contributed by atoms with E-state index in [4.69, 9.17) is 4.74 Å². The fraction of sp³-hybridized carbons (Fsp3) is 0.654. The van der Waals surface area contributed by atoms with Crippen LogP contribution >= 0.6 is 0 Å². The molecule has 1 aromatic rings. The van der Waals surface area contributed by atoms with Gasteiger partial charge >= 0.3 is 0 Å². The molecule has 9 heteroatoms. The Morgan fingerprint density at radius 3 is 2.40 bits per heavy atom. The molecule has 3 fully saturated rings. The summed E-state index contributed by atoms with van der Waals surface area (Å²) in [5.74, 6) is -2.45. The van der Waals surface area contributed by atoms with Crippen molar-refractivity contribution >= 4 is 29.1 Å². The normalized spacial score (nSPS) is 34.0. The Kier molecular flexibility index (Phi) is 6.61. The Labute approximate surface area is 207 Å². The van der Waals surface area contributed by atoms with Gasteiger partial charge in [0, 0.05) is 31.5 Å². The fourth-order valence-electron chi connectivity index (χ4n) is 6.65. The maximum absolute atomic E-state index is 13.8. The molecule has 3 aliphatic heterocycles. The van der Waals surface area contributed by atoms with E-state index in [0.29, 0.717) is 12.1 Å². The van der Waals surface area contributed by atoms with Gasteiger partial charge in [0.05, 0.1) is 30.1 Å². The standard InChI is InChI=1S/C26H38N4O5/c1-7-29(8-2)18-11-9-17(10-12-18)28-23(33)21-26-13-15(3)25(5,35-26)19(22(32)27-6)20(26)24(34)30(21)16(4)14-31/h9-12,15-16,19-21,31H,7-8,13-14H2,1-6H3,(H,27,32)(H,28,33)/t15?,16-,19+,20+,21?,25-,26?/m1/s1. The molecule has 1 spiro atoms. The van der Waals surface area contributed by atoms with E-state index < -0.39 is 35.1 Å². The van der Waals surface area contributed by atoms with Crippen molar-refractivity contribution in [1.82, 2.24) is 10.2 Å². The topological polar surface area (TPSA) is 111 Å². The van der Waals surface area contributed by atoms with Crippen molar-refractivity contribution in [1.29, 1.82) is 0 Å². The molecule has 9 nitrogen and oxygen atoms in total. The molecule has 1 aromatic carbocycles. The highest BCUT2D eigenvalue weighted by molar-refractivity contribution is 6.04. The number of ether oxygens (including phenoxy) is 1. The summed E-state index contributed by atoms with van der Waals surface area (Å²) in [5.41, 5.74) is -0.300. The van der Waals surface area contributed by atoms with Gasteiger partial charge in [-0.25, -0.2) is 0 Å². The summed E-state index contributed by atoms with van der Waals surface area (Å²) in [6, 6.07) is 6.06. The molecule has 2 bridgehead atoms. The largest absolute Gasteiger partial charge is 0.394 e. The second-order valence-electron chi connectivity index (χ2n) is 10.3. The van der Waals surface area contributed by atoms with Crippen LogP contribution in [-0.4, -0.2) is 77.8 Å². The third-order valence-electron chi connectivity index (χ3n) is 8.53. The van der Waals surface area contributed by atoms with Gasteiger partial charge in [0.15, 0.2) is 0 Å². The van der Waals surface area contributed by atoms with Gasteiger partial charge < -0.3 is 30.3 Å². The summed E-state index contributed by atoms with van der Waals surface area (Å²) in [4.78, 5) is 44.2. The Balaban J connectivity index is 1.70. The average molecular weight is 487 g/mol. The zero-order valence-corrected chi connectivity index (χ0v) is 21.5. The molecule has 3 unspecified atom stereocenters. The number of amides is 3. The second-order valence-corrected chi connectivity index (χ2v) is 10.3. The molecule has 0 radical (unpaired) electrons. The number of rotatable bonds is 8. The summed E-state index contributed by atoms with van der Waals surface area (Å²) < 4.78 is 6.59. The van der Waals surface area contributed by atoms with Crippen LogP contribution in [0.1, 0.15) is 41.0 Å². The van der Waals surface area contributed by atoms with Crippen molar-refractivity contribution in [3.05, 3.63) is 24.3 Å². The molecule has 35 heavy (non-hydrogen) atoms. The molecular formula is C26H38N4O5. The second kappa shape index (κ2) is 9.09. The molecule has 3 amide bonds. The molecule has 0 saturated carbocycles. The van der Waals surface area contributed by atoms with Crippen molar-refractivity contribution in [3.63, 3.8) is 0 Å². The third kappa shape index (κ3) is 3.62. The monoisotopic (exact) mass is 486 g/mol. The summed E-state index contributed by atoms with van der Waals surface area (Å²) in [6.07, 6.45) is 0.487. The van der Waals surface area contributed by atoms with E-state index in [1.54, 1.807) is 14.0 Å². The minimum absolute atomic E-state index is 0.0260. The number of carbonyl (C=O) groups excluding carboxylic acids is 3. The van der Waals surface area contributed by atoms with Gasteiger partial charge in [-0.15, -0.1) is 0 Å². The van der Waals surface area contributed by atoms with Crippen LogP contribution in [0.15, 0.2) is 24.3 Å². The first kappa shape index (κ1) is 25.4. The first-order valence-electron chi connectivity index (χ1n) is 12.6. The van der Waals surface area contributed by atoms with Gasteiger partial charge in [0.1, 0.15) is 11.6 Å². The highest BCUT2D eigenvalue weighted by Crippen LogP contribution is 2.65. The minimum atomic E-state index is -1.13. The number of likely N-dealkylation sites (tertiary alicyclic amines) is 1. The number of nitrogens with zero attached hydrogens (tertiary/aromatic N) is 2. The quantitative estimate of drug-likeness (QED) is 0.515. The molecule has 7 atom stereocenters. The van der Waals surface area contributed by atoms with Crippen LogP contribution in [-0.2, 0) is 19.1 Å². The first-order chi connectivity index (χ1) is 16.6. The molecule has 192 valence electrons. The number of aliphatic hydroxyl groups excluding tert-OH is 1. The maximum atomic E-state index is 13.8. The van der Waals surface area contributed by atoms with Crippen LogP contribution in [0.2, 0.25) is 0 Å². The highest BCUT2D eigenvalue weighted by Gasteiger charge is 2.80. The minimum Gasteiger partial charge on any atom is -0.394 e. The fourth-order valence-corrected chi connectivity index (χ4v) is 6.65. The van der Waals surface area contributed by atoms with E-state index in [9.17, 15) is 19.5 Å². The zero-order valence-electron chi connectivity index (χ0n) is 21.5. The van der Waals surface area contributed by atoms with Crippen LogP contribution in [0.25, 0.3) is 0 Å². The molecule has 3 N–H and O–H groups in total. The molecule has 3 saturated heterocycles. The van der Waals surface area contributed by atoms with Crippen molar-refractivity contribution in [2.24, 2.45) is 17.8 Å². The predicted molar refractivity (Wildman–Crippen MR) is 133 cm³/mol. The molecule has 3 heterocycles. The van der Waals surface area contributed by atoms with E-state index in [0.717, 1.165) is 18.8 Å². The van der Waals surface area contributed by atoms with Gasteiger partial charge in [-0.3, -0.25) is 14.4 Å². The Hall–Kier alpha value is -2.65. The van der Waals surface area contributed by atoms with Gasteiger partial charge in [-0.2, -0.15) is 0 Å². The number of nitrogens with one attached hydrogen (secondary N) is 2. The van der Waals surface area contributed by atoms with E-state index >= 15 is 0 Å². The highest BCUT2D eigenvalue weighted by atomic mass is 16.5. The number of carbonyl (C=O) groups is 3. The third-order valence-corrected chi connectivity index (χ3v) is 8.53. The van der Waals surface area contributed by atoms with Crippen LogP contribution in [0.5, 0.6) is 0 Å². The summed E-state index contributed by atoms with van der Waals surface area (Å²) in [7, 11) is 1.55. The van der Waals surface area contributed by atoms with Gasteiger partial charge in [-0.1, -0.05) is 6.92 Å². The van der Waals surface area contributed by atoms with Crippen LogP contribution in [0, 0.1) is 17.8 Å². The van der Waals surface area contributed by atoms with Crippen molar-refractivity contribution in [2.45, 2.75) is 64.3 Å². The van der Waals surface area contributed by atoms with Crippen molar-refractivity contribution in [3.8, 4) is 0 Å². The number of hydrogen-bond acceptors (Lipinski definition) is 6.